The van der Waals surface area contributed by atoms with Gasteiger partial charge in [0.15, 0.2) is 23.2 Å². The summed E-state index contributed by atoms with van der Waals surface area (Å²) in [7, 11) is 0. The Morgan fingerprint density at radius 1 is 1.30 bits per heavy atom. The third kappa shape index (κ3) is 4.93. The van der Waals surface area contributed by atoms with E-state index < -0.39 is 0 Å². The largest absolute Gasteiger partial charge is 0.483 e. The molecule has 0 unspecified atom stereocenters. The van der Waals surface area contributed by atoms with Gasteiger partial charge in [0.05, 0.1) is 12.2 Å². The average Bonchev–Trinajstić information content (AvgIpc) is 3.48. The summed E-state index contributed by atoms with van der Waals surface area (Å²) in [5.41, 5.74) is 1.80. The summed E-state index contributed by atoms with van der Waals surface area (Å²) in [4.78, 5) is 32.5. The molecule has 2 aromatic rings. The molecule has 5 rings (SSSR count). The number of rotatable bonds is 5. The van der Waals surface area contributed by atoms with Gasteiger partial charge in [-0.2, -0.15) is 0 Å². The molecule has 3 heterocycles. The topological polar surface area (TPSA) is 92.8 Å². The number of ether oxygens (including phenoxy) is 2. The fourth-order valence-corrected chi connectivity index (χ4v) is 5.80. The van der Waals surface area contributed by atoms with Crippen molar-refractivity contribution >= 4 is 28.4 Å². The highest BCUT2D eigenvalue weighted by molar-refractivity contribution is 7.15. The normalized spacial score (nSPS) is 18.9. The first kappa shape index (κ1) is 22.0. The van der Waals surface area contributed by atoms with Gasteiger partial charge in [0, 0.05) is 35.9 Å². The maximum absolute atomic E-state index is 12.9. The van der Waals surface area contributed by atoms with Gasteiger partial charge in [-0.05, 0) is 32.8 Å². The van der Waals surface area contributed by atoms with Crippen LogP contribution in [0, 0.1) is 0 Å². The van der Waals surface area contributed by atoms with E-state index in [0.29, 0.717) is 30.4 Å². The van der Waals surface area contributed by atoms with Crippen molar-refractivity contribution in [3.8, 4) is 11.5 Å². The summed E-state index contributed by atoms with van der Waals surface area (Å²) in [5, 5.41) is 6.46. The van der Waals surface area contributed by atoms with E-state index in [1.807, 2.05) is 32.0 Å². The zero-order chi connectivity index (χ0) is 23.0. The molecular weight excluding hydrogens is 440 g/mol. The number of thiazole rings is 1. The van der Waals surface area contributed by atoms with E-state index in [2.05, 4.69) is 15.6 Å². The molecule has 3 amide bonds. The molecule has 176 valence electrons. The van der Waals surface area contributed by atoms with Crippen LogP contribution in [0.1, 0.15) is 55.7 Å². The molecule has 1 aromatic heterocycles. The highest BCUT2D eigenvalue weighted by Gasteiger charge is 2.33. The van der Waals surface area contributed by atoms with Crippen LogP contribution in [-0.4, -0.2) is 46.6 Å². The molecular formula is C24H30N4O4S. The Bertz CT molecular complexity index is 1060. The number of hydrogen-bond donors (Lipinski definition) is 2. The number of aromatic nitrogens is 1. The van der Waals surface area contributed by atoms with E-state index in [4.69, 9.17) is 9.47 Å². The van der Waals surface area contributed by atoms with Crippen LogP contribution in [0.5, 0.6) is 11.5 Å². The predicted octanol–water partition coefficient (Wildman–Crippen LogP) is 3.88. The van der Waals surface area contributed by atoms with Gasteiger partial charge >= 0.3 is 6.03 Å². The van der Waals surface area contributed by atoms with Crippen molar-refractivity contribution < 1.29 is 19.1 Å². The fraction of sp³-hybridized carbons (Fsp3) is 0.542. The van der Waals surface area contributed by atoms with E-state index in [9.17, 15) is 9.59 Å². The predicted molar refractivity (Wildman–Crippen MR) is 126 cm³/mol. The second-order valence-corrected chi connectivity index (χ2v) is 10.7. The summed E-state index contributed by atoms with van der Waals surface area (Å²) in [6, 6.07) is 5.88. The first-order valence-corrected chi connectivity index (χ1v) is 12.5. The van der Waals surface area contributed by atoms with Crippen molar-refractivity contribution in [2.45, 2.75) is 70.6 Å². The molecule has 9 heteroatoms. The van der Waals surface area contributed by atoms with Crippen molar-refractivity contribution in [1.29, 1.82) is 0 Å². The Balaban J connectivity index is 1.16. The minimum absolute atomic E-state index is 0.0384. The number of nitrogens with zero attached hydrogens (tertiary/aromatic N) is 2. The summed E-state index contributed by atoms with van der Waals surface area (Å²) in [5.74, 6) is 1.28. The molecule has 2 aliphatic heterocycles. The lowest BCUT2D eigenvalue weighted by atomic mass is 10.0. The quantitative estimate of drug-likeness (QED) is 0.692. The van der Waals surface area contributed by atoms with Gasteiger partial charge < -0.3 is 19.7 Å². The number of amides is 3. The van der Waals surface area contributed by atoms with Gasteiger partial charge in [-0.1, -0.05) is 36.3 Å². The highest BCUT2D eigenvalue weighted by atomic mass is 32.1. The molecule has 0 atom stereocenters. The molecule has 1 aliphatic carbocycles. The number of para-hydroxylation sites is 1. The third-order valence-electron chi connectivity index (χ3n) is 6.40. The molecule has 0 bridgehead atoms. The van der Waals surface area contributed by atoms with Gasteiger partial charge in [0.1, 0.15) is 5.60 Å². The first-order valence-electron chi connectivity index (χ1n) is 11.6. The van der Waals surface area contributed by atoms with Gasteiger partial charge in [0.25, 0.3) is 5.91 Å². The lowest BCUT2D eigenvalue weighted by Gasteiger charge is -2.26. The molecule has 0 saturated heterocycles. The second-order valence-electron chi connectivity index (χ2n) is 9.61. The molecule has 33 heavy (non-hydrogen) atoms. The number of benzene rings is 1. The average molecular weight is 471 g/mol. The maximum atomic E-state index is 12.9. The zero-order valence-electron chi connectivity index (χ0n) is 19.1. The van der Waals surface area contributed by atoms with Crippen molar-refractivity contribution in [3.63, 3.8) is 0 Å². The van der Waals surface area contributed by atoms with Crippen LogP contribution >= 0.6 is 11.3 Å². The minimum Gasteiger partial charge on any atom is -0.483 e. The molecule has 1 fully saturated rings. The molecule has 1 aromatic carbocycles. The van der Waals surface area contributed by atoms with Crippen LogP contribution in [0.3, 0.4) is 0 Å². The van der Waals surface area contributed by atoms with Crippen molar-refractivity contribution in [2.24, 2.45) is 0 Å². The maximum Gasteiger partial charge on any atom is 0.321 e. The van der Waals surface area contributed by atoms with Crippen molar-refractivity contribution in [1.82, 2.24) is 15.2 Å². The summed E-state index contributed by atoms with van der Waals surface area (Å²) >= 11 is 1.44. The van der Waals surface area contributed by atoms with Crippen LogP contribution in [0.15, 0.2) is 18.2 Å². The van der Waals surface area contributed by atoms with Gasteiger partial charge in [-0.3, -0.25) is 10.1 Å². The summed E-state index contributed by atoms with van der Waals surface area (Å²) in [6.45, 7) is 5.12. The van der Waals surface area contributed by atoms with E-state index in [-0.39, 0.29) is 30.2 Å². The molecule has 0 radical (unpaired) electrons. The molecule has 0 spiro atoms. The third-order valence-corrected chi connectivity index (χ3v) is 7.40. The summed E-state index contributed by atoms with van der Waals surface area (Å²) in [6.07, 6.45) is 5.90. The van der Waals surface area contributed by atoms with Crippen LogP contribution in [-0.2, 0) is 24.2 Å². The lowest BCUT2D eigenvalue weighted by molar-refractivity contribution is -0.134. The Morgan fingerprint density at radius 3 is 2.94 bits per heavy atom. The van der Waals surface area contributed by atoms with E-state index in [1.54, 1.807) is 4.90 Å². The Hall–Kier alpha value is -2.81. The molecule has 1 saturated carbocycles. The number of carbonyl (C=O) groups is 2. The van der Waals surface area contributed by atoms with Crippen molar-refractivity contribution in [3.05, 3.63) is 34.3 Å². The smallest absolute Gasteiger partial charge is 0.321 e. The van der Waals surface area contributed by atoms with Crippen LogP contribution in [0.4, 0.5) is 9.93 Å². The van der Waals surface area contributed by atoms with Gasteiger partial charge in [-0.25, -0.2) is 9.78 Å². The monoisotopic (exact) mass is 470 g/mol. The standard InChI is InChI=1S/C24H30N4O4S/c1-24(2)12-15-6-5-9-18(21(15)32-24)31-14-20(29)28-11-10-17-19(13-28)33-23(26-17)27-22(30)25-16-7-3-4-8-16/h5-6,9,16H,3-4,7-8,10-14H2,1-2H3,(H2,25,26,27,30). The fourth-order valence-electron chi connectivity index (χ4n) is 4.78. The van der Waals surface area contributed by atoms with Crippen LogP contribution in [0.2, 0.25) is 0 Å². The number of hydrogen-bond acceptors (Lipinski definition) is 6. The zero-order valence-corrected chi connectivity index (χ0v) is 19.9. The molecule has 8 nitrogen and oxygen atoms in total. The van der Waals surface area contributed by atoms with E-state index in [0.717, 1.165) is 41.1 Å². The van der Waals surface area contributed by atoms with Crippen molar-refractivity contribution in [2.75, 3.05) is 18.5 Å². The molecule has 2 N–H and O–H groups in total. The number of anilines is 1. The Kier molecular flexibility index (Phi) is 5.90. The second kappa shape index (κ2) is 8.85. The van der Waals surface area contributed by atoms with Gasteiger partial charge in [0.2, 0.25) is 0 Å². The van der Waals surface area contributed by atoms with E-state index in [1.165, 1.54) is 24.2 Å². The highest BCUT2D eigenvalue weighted by Crippen LogP contribution is 2.41. The number of urea groups is 1. The van der Waals surface area contributed by atoms with Crippen LogP contribution in [0.25, 0.3) is 0 Å². The van der Waals surface area contributed by atoms with Crippen LogP contribution < -0.4 is 20.1 Å². The number of fused-ring (bicyclic) bond motifs is 2. The van der Waals surface area contributed by atoms with Gasteiger partial charge in [-0.15, -0.1) is 0 Å². The minimum atomic E-state index is -0.263. The lowest BCUT2D eigenvalue weighted by Crippen LogP contribution is -2.38. The number of nitrogens with one attached hydrogen (secondary N) is 2. The number of carbonyl (C=O) groups excluding carboxylic acids is 2. The SMILES string of the molecule is CC1(C)Cc2cccc(OCC(=O)N3CCc4nc(NC(=O)NC5CCCC5)sc4C3)c2O1. The summed E-state index contributed by atoms with van der Waals surface area (Å²) < 4.78 is 11.9. The molecule has 3 aliphatic rings. The Labute approximate surface area is 197 Å². The first-order chi connectivity index (χ1) is 15.9. The van der Waals surface area contributed by atoms with E-state index >= 15 is 0 Å². The Morgan fingerprint density at radius 2 is 2.12 bits per heavy atom.